The zero-order valence-electron chi connectivity index (χ0n) is 10.5. The fourth-order valence-corrected chi connectivity index (χ4v) is 2.86. The third-order valence-corrected chi connectivity index (χ3v) is 3.95. The molecule has 1 heterocycles. The van der Waals surface area contributed by atoms with E-state index < -0.39 is 0 Å². The Bertz CT molecular complexity index is 612. The van der Waals surface area contributed by atoms with Crippen LogP contribution >= 0.6 is 27.5 Å². The van der Waals surface area contributed by atoms with E-state index >= 15 is 0 Å². The van der Waals surface area contributed by atoms with Crippen molar-refractivity contribution in [2.75, 3.05) is 0 Å². The van der Waals surface area contributed by atoms with Crippen molar-refractivity contribution >= 4 is 33.2 Å². The molecule has 0 radical (unpaired) electrons. The first-order valence-corrected chi connectivity index (χ1v) is 7.35. The minimum absolute atomic E-state index is 0.0227. The molecular weight excluding hydrogens is 331 g/mol. The number of halogens is 2. The van der Waals surface area contributed by atoms with Crippen LogP contribution in [-0.2, 0) is 6.42 Å². The molecule has 2 aromatic rings. The van der Waals surface area contributed by atoms with Crippen LogP contribution in [0.4, 0.5) is 4.39 Å². The molecule has 100 valence electrons. The standard InChI is InChI=1S/C13H12BrFN2OS/c1-7(2)12-13(19-17-16-12)11(18)6-8-5-9(14)3-4-10(8)15/h3-5,7H,6H2,1-2H3. The molecule has 0 amide bonds. The molecule has 1 aromatic heterocycles. The summed E-state index contributed by atoms with van der Waals surface area (Å²) in [6.45, 7) is 3.90. The molecule has 0 atom stereocenters. The van der Waals surface area contributed by atoms with Crippen LogP contribution in [0.5, 0.6) is 0 Å². The molecule has 0 spiro atoms. The van der Waals surface area contributed by atoms with Crippen molar-refractivity contribution in [3.8, 4) is 0 Å². The highest BCUT2D eigenvalue weighted by molar-refractivity contribution is 9.10. The monoisotopic (exact) mass is 342 g/mol. The van der Waals surface area contributed by atoms with Gasteiger partial charge in [-0.3, -0.25) is 4.79 Å². The lowest BCUT2D eigenvalue weighted by atomic mass is 10.0. The number of carbonyl (C=O) groups excluding carboxylic acids is 1. The largest absolute Gasteiger partial charge is 0.293 e. The number of rotatable bonds is 4. The van der Waals surface area contributed by atoms with Gasteiger partial charge in [0.1, 0.15) is 10.7 Å². The molecule has 0 bridgehead atoms. The van der Waals surface area contributed by atoms with E-state index in [-0.39, 0.29) is 23.9 Å². The van der Waals surface area contributed by atoms with Gasteiger partial charge in [0.2, 0.25) is 0 Å². The van der Waals surface area contributed by atoms with Gasteiger partial charge in [-0.15, -0.1) is 5.10 Å². The van der Waals surface area contributed by atoms with Crippen molar-refractivity contribution in [2.45, 2.75) is 26.2 Å². The van der Waals surface area contributed by atoms with Crippen LogP contribution in [0, 0.1) is 5.82 Å². The van der Waals surface area contributed by atoms with Gasteiger partial charge in [0, 0.05) is 10.9 Å². The minimum atomic E-state index is -0.375. The molecule has 19 heavy (non-hydrogen) atoms. The first-order chi connectivity index (χ1) is 8.99. The summed E-state index contributed by atoms with van der Waals surface area (Å²) in [5.74, 6) is -0.388. The Morgan fingerprint density at radius 3 is 2.89 bits per heavy atom. The summed E-state index contributed by atoms with van der Waals surface area (Å²) < 4.78 is 18.2. The van der Waals surface area contributed by atoms with Crippen LogP contribution < -0.4 is 0 Å². The predicted molar refractivity (Wildman–Crippen MR) is 76.1 cm³/mol. The molecule has 0 saturated carbocycles. The van der Waals surface area contributed by atoms with Crippen LogP contribution in [-0.4, -0.2) is 15.4 Å². The first-order valence-electron chi connectivity index (χ1n) is 5.78. The van der Waals surface area contributed by atoms with Crippen LogP contribution in [0.1, 0.15) is 40.7 Å². The number of Topliss-reactive ketones (excluding diaryl/α,β-unsaturated/α-hetero) is 1. The maximum Gasteiger partial charge on any atom is 0.180 e. The van der Waals surface area contributed by atoms with E-state index in [1.54, 1.807) is 12.1 Å². The van der Waals surface area contributed by atoms with Crippen molar-refractivity contribution in [1.29, 1.82) is 0 Å². The van der Waals surface area contributed by atoms with Crippen LogP contribution in [0.2, 0.25) is 0 Å². The Morgan fingerprint density at radius 2 is 2.21 bits per heavy atom. The van der Waals surface area contributed by atoms with Crippen molar-refractivity contribution in [2.24, 2.45) is 0 Å². The Kier molecular flexibility index (Phi) is 4.42. The molecular formula is C13H12BrFN2OS. The van der Waals surface area contributed by atoms with Crippen molar-refractivity contribution < 1.29 is 9.18 Å². The maximum atomic E-state index is 13.6. The number of aromatic nitrogens is 2. The molecule has 1 aromatic carbocycles. The molecule has 0 unspecified atom stereocenters. The normalized spacial score (nSPS) is 11.0. The Hall–Kier alpha value is -1.14. The van der Waals surface area contributed by atoms with Crippen molar-refractivity contribution in [3.63, 3.8) is 0 Å². The number of benzene rings is 1. The van der Waals surface area contributed by atoms with E-state index in [9.17, 15) is 9.18 Å². The lowest BCUT2D eigenvalue weighted by Gasteiger charge is -2.05. The van der Waals surface area contributed by atoms with E-state index in [2.05, 4.69) is 25.5 Å². The van der Waals surface area contributed by atoms with E-state index in [4.69, 9.17) is 0 Å². The third kappa shape index (κ3) is 3.25. The van der Waals surface area contributed by atoms with Crippen molar-refractivity contribution in [3.05, 3.63) is 44.6 Å². The first kappa shape index (κ1) is 14.3. The second kappa shape index (κ2) is 5.88. The van der Waals surface area contributed by atoms with Gasteiger partial charge in [-0.1, -0.05) is 34.3 Å². The van der Waals surface area contributed by atoms with Gasteiger partial charge < -0.3 is 0 Å². The lowest BCUT2D eigenvalue weighted by molar-refractivity contribution is 0.0994. The van der Waals surface area contributed by atoms with Crippen LogP contribution in [0.25, 0.3) is 0 Å². The molecule has 3 nitrogen and oxygen atoms in total. The average molecular weight is 343 g/mol. The smallest absolute Gasteiger partial charge is 0.180 e. The molecule has 0 N–H and O–H groups in total. The zero-order valence-corrected chi connectivity index (χ0v) is 12.9. The Labute approximate surface area is 123 Å². The summed E-state index contributed by atoms with van der Waals surface area (Å²) in [7, 11) is 0. The molecule has 0 aliphatic heterocycles. The zero-order chi connectivity index (χ0) is 14.0. The highest BCUT2D eigenvalue weighted by atomic mass is 79.9. The highest BCUT2D eigenvalue weighted by Crippen LogP contribution is 2.23. The number of hydrogen-bond acceptors (Lipinski definition) is 4. The number of hydrogen-bond donors (Lipinski definition) is 0. The third-order valence-electron chi connectivity index (χ3n) is 2.67. The molecule has 0 aliphatic rings. The highest BCUT2D eigenvalue weighted by Gasteiger charge is 2.20. The molecule has 6 heteroatoms. The summed E-state index contributed by atoms with van der Waals surface area (Å²) in [6, 6.07) is 4.58. The predicted octanol–water partition coefficient (Wildman–Crippen LogP) is 3.99. The van der Waals surface area contributed by atoms with E-state index in [1.165, 1.54) is 6.07 Å². The molecule has 0 saturated heterocycles. The fraction of sp³-hybridized carbons (Fsp3) is 0.308. The minimum Gasteiger partial charge on any atom is -0.293 e. The maximum absolute atomic E-state index is 13.6. The topological polar surface area (TPSA) is 42.9 Å². The summed E-state index contributed by atoms with van der Waals surface area (Å²) in [5, 5.41) is 3.96. The van der Waals surface area contributed by atoms with Gasteiger partial charge in [-0.25, -0.2) is 4.39 Å². The van der Waals surface area contributed by atoms with E-state index in [1.807, 2.05) is 13.8 Å². The van der Waals surface area contributed by atoms with E-state index in [0.717, 1.165) is 16.0 Å². The summed E-state index contributed by atoms with van der Waals surface area (Å²) >= 11 is 4.34. The van der Waals surface area contributed by atoms with Gasteiger partial charge >= 0.3 is 0 Å². The fourth-order valence-electron chi connectivity index (χ4n) is 1.70. The average Bonchev–Trinajstić information content (AvgIpc) is 2.83. The molecule has 0 fully saturated rings. The molecule has 0 aliphatic carbocycles. The second-order valence-electron chi connectivity index (χ2n) is 4.48. The van der Waals surface area contributed by atoms with Gasteiger partial charge in [-0.05, 0) is 41.2 Å². The van der Waals surface area contributed by atoms with Gasteiger partial charge in [0.15, 0.2) is 5.78 Å². The lowest BCUT2D eigenvalue weighted by Crippen LogP contribution is -2.07. The molecule has 2 rings (SSSR count). The van der Waals surface area contributed by atoms with E-state index in [0.29, 0.717) is 16.1 Å². The van der Waals surface area contributed by atoms with Crippen LogP contribution in [0.3, 0.4) is 0 Å². The van der Waals surface area contributed by atoms with Crippen molar-refractivity contribution in [1.82, 2.24) is 9.59 Å². The Morgan fingerprint density at radius 1 is 1.47 bits per heavy atom. The second-order valence-corrected chi connectivity index (χ2v) is 6.15. The van der Waals surface area contributed by atoms with Crippen LogP contribution in [0.15, 0.2) is 22.7 Å². The summed E-state index contributed by atoms with van der Waals surface area (Å²) in [6.07, 6.45) is 0.0227. The number of ketones is 1. The Balaban J connectivity index is 2.26. The van der Waals surface area contributed by atoms with Gasteiger partial charge in [0.05, 0.1) is 5.69 Å². The summed E-state index contributed by atoms with van der Waals surface area (Å²) in [4.78, 5) is 12.7. The number of carbonyl (C=O) groups is 1. The van der Waals surface area contributed by atoms with Gasteiger partial charge in [0.25, 0.3) is 0 Å². The van der Waals surface area contributed by atoms with Gasteiger partial charge in [-0.2, -0.15) is 0 Å². The summed E-state index contributed by atoms with van der Waals surface area (Å²) in [5.41, 5.74) is 1.06. The quantitative estimate of drug-likeness (QED) is 0.789. The number of nitrogens with zero attached hydrogens (tertiary/aromatic N) is 2. The SMILES string of the molecule is CC(C)c1nnsc1C(=O)Cc1cc(Br)ccc1F.